The molecule has 0 N–H and O–H groups in total. The molecule has 0 aliphatic rings. The molecule has 0 radical (unpaired) electrons. The van der Waals surface area contributed by atoms with Crippen LogP contribution in [0.2, 0.25) is 0 Å². The van der Waals surface area contributed by atoms with E-state index in [0.717, 1.165) is 6.08 Å². The van der Waals surface area contributed by atoms with Gasteiger partial charge in [0, 0.05) is 11.4 Å². The van der Waals surface area contributed by atoms with Crippen LogP contribution in [0.25, 0.3) is 0 Å². The topological polar surface area (TPSA) is 52.6 Å². The summed E-state index contributed by atoms with van der Waals surface area (Å²) in [4.78, 5) is 23.0. The van der Waals surface area contributed by atoms with Crippen molar-refractivity contribution >= 4 is 27.9 Å². The summed E-state index contributed by atoms with van der Waals surface area (Å²) in [6, 6.07) is 5.09. The number of alkyl halides is 1. The van der Waals surface area contributed by atoms with E-state index in [1.54, 1.807) is 0 Å². The van der Waals surface area contributed by atoms with Gasteiger partial charge in [0.1, 0.15) is 18.2 Å². The zero-order valence-corrected chi connectivity index (χ0v) is 13.1. The Hall–Kier alpha value is -1.69. The average Bonchev–Trinajstić information content (AvgIpc) is 2.47. The van der Waals surface area contributed by atoms with E-state index in [4.69, 9.17) is 9.47 Å². The van der Waals surface area contributed by atoms with Gasteiger partial charge in [0.05, 0.1) is 5.92 Å². The standard InChI is InChI=1S/C15H16BrFO4/c1-2-11(10-16)15(19)20-9-3-4-14(18)21-13-7-5-12(17)6-8-13/h3-8,11H,2,9-10H2,1H3/b4-3+/t11-/m1/s1. The number of carbonyl (C=O) groups excluding carboxylic acids is 2. The van der Waals surface area contributed by atoms with E-state index in [-0.39, 0.29) is 24.2 Å². The van der Waals surface area contributed by atoms with Crippen molar-refractivity contribution in [3.63, 3.8) is 0 Å². The van der Waals surface area contributed by atoms with Crippen LogP contribution in [0.3, 0.4) is 0 Å². The molecular formula is C15H16BrFO4. The highest BCUT2D eigenvalue weighted by Crippen LogP contribution is 2.11. The van der Waals surface area contributed by atoms with Gasteiger partial charge in [0.25, 0.3) is 0 Å². The van der Waals surface area contributed by atoms with Gasteiger partial charge in [0.15, 0.2) is 0 Å². The van der Waals surface area contributed by atoms with E-state index < -0.39 is 11.8 Å². The Morgan fingerprint density at radius 3 is 2.57 bits per heavy atom. The molecule has 0 fully saturated rings. The lowest BCUT2D eigenvalue weighted by Gasteiger charge is -2.09. The number of hydrogen-bond acceptors (Lipinski definition) is 4. The highest BCUT2D eigenvalue weighted by Gasteiger charge is 2.15. The van der Waals surface area contributed by atoms with E-state index in [1.807, 2.05) is 6.92 Å². The number of hydrogen-bond donors (Lipinski definition) is 0. The minimum atomic E-state index is -0.620. The van der Waals surface area contributed by atoms with Crippen molar-refractivity contribution in [2.45, 2.75) is 13.3 Å². The molecular weight excluding hydrogens is 343 g/mol. The van der Waals surface area contributed by atoms with Crippen molar-refractivity contribution in [3.05, 3.63) is 42.2 Å². The van der Waals surface area contributed by atoms with Crippen molar-refractivity contribution in [3.8, 4) is 5.75 Å². The first-order valence-electron chi connectivity index (χ1n) is 6.43. The number of rotatable bonds is 7. The Balaban J connectivity index is 2.34. The summed E-state index contributed by atoms with van der Waals surface area (Å²) in [5, 5.41) is 0.540. The van der Waals surface area contributed by atoms with Crippen LogP contribution >= 0.6 is 15.9 Å². The van der Waals surface area contributed by atoms with Gasteiger partial charge in [-0.2, -0.15) is 0 Å². The van der Waals surface area contributed by atoms with Crippen LogP contribution in [-0.4, -0.2) is 23.9 Å². The zero-order valence-electron chi connectivity index (χ0n) is 11.6. The van der Waals surface area contributed by atoms with Gasteiger partial charge in [-0.15, -0.1) is 0 Å². The minimum absolute atomic E-state index is 0.000844. The van der Waals surface area contributed by atoms with Crippen LogP contribution < -0.4 is 4.74 Å². The van der Waals surface area contributed by atoms with Crippen LogP contribution in [0.15, 0.2) is 36.4 Å². The molecule has 1 atom stereocenters. The smallest absolute Gasteiger partial charge is 0.335 e. The highest BCUT2D eigenvalue weighted by atomic mass is 79.9. The lowest BCUT2D eigenvalue weighted by atomic mass is 10.1. The molecule has 0 spiro atoms. The summed E-state index contributed by atoms with van der Waals surface area (Å²) >= 11 is 3.23. The molecule has 0 saturated carbocycles. The third kappa shape index (κ3) is 6.53. The molecule has 4 nitrogen and oxygen atoms in total. The number of carbonyl (C=O) groups is 2. The van der Waals surface area contributed by atoms with Gasteiger partial charge in [-0.05, 0) is 36.8 Å². The van der Waals surface area contributed by atoms with Crippen molar-refractivity contribution in [2.75, 3.05) is 11.9 Å². The monoisotopic (exact) mass is 358 g/mol. The maximum absolute atomic E-state index is 12.7. The van der Waals surface area contributed by atoms with Crippen molar-refractivity contribution in [2.24, 2.45) is 5.92 Å². The second-order valence-corrected chi connectivity index (χ2v) is 4.81. The predicted molar refractivity (Wildman–Crippen MR) is 79.7 cm³/mol. The third-order valence-electron chi connectivity index (χ3n) is 2.62. The molecule has 0 bridgehead atoms. The Kier molecular flexibility index (Phi) is 7.68. The van der Waals surface area contributed by atoms with E-state index >= 15 is 0 Å². The number of esters is 2. The van der Waals surface area contributed by atoms with E-state index in [0.29, 0.717) is 11.8 Å². The van der Waals surface area contributed by atoms with Gasteiger partial charge in [-0.1, -0.05) is 22.9 Å². The summed E-state index contributed by atoms with van der Waals surface area (Å²) in [6.07, 6.45) is 3.23. The van der Waals surface area contributed by atoms with Gasteiger partial charge in [0.2, 0.25) is 0 Å². The van der Waals surface area contributed by atoms with Crippen LogP contribution in [-0.2, 0) is 14.3 Å². The second-order valence-electron chi connectivity index (χ2n) is 4.17. The Labute approximate surface area is 131 Å². The number of ether oxygens (including phenoxy) is 2. The number of benzene rings is 1. The highest BCUT2D eigenvalue weighted by molar-refractivity contribution is 9.09. The fourth-order valence-corrected chi connectivity index (χ4v) is 2.11. The van der Waals surface area contributed by atoms with Crippen LogP contribution in [0.4, 0.5) is 4.39 Å². The van der Waals surface area contributed by atoms with Crippen molar-refractivity contribution in [1.82, 2.24) is 0 Å². The summed E-state index contributed by atoms with van der Waals surface area (Å²) in [7, 11) is 0. The first-order chi connectivity index (χ1) is 10.1. The molecule has 21 heavy (non-hydrogen) atoms. The summed E-state index contributed by atoms with van der Waals surface area (Å²) < 4.78 is 22.6. The van der Waals surface area contributed by atoms with Gasteiger partial charge < -0.3 is 9.47 Å². The third-order valence-corrected chi connectivity index (χ3v) is 3.40. The summed E-state index contributed by atoms with van der Waals surface area (Å²) in [6.45, 7) is 1.89. The Morgan fingerprint density at radius 2 is 2.00 bits per heavy atom. The van der Waals surface area contributed by atoms with Gasteiger partial charge in [-0.3, -0.25) is 4.79 Å². The van der Waals surface area contributed by atoms with Crippen LogP contribution in [0.5, 0.6) is 5.75 Å². The lowest BCUT2D eigenvalue weighted by molar-refractivity contribution is -0.146. The Morgan fingerprint density at radius 1 is 1.33 bits per heavy atom. The molecule has 0 unspecified atom stereocenters. The lowest BCUT2D eigenvalue weighted by Crippen LogP contribution is -2.18. The summed E-state index contributed by atoms with van der Waals surface area (Å²) in [5.74, 6) is -1.29. The maximum Gasteiger partial charge on any atom is 0.335 e. The first kappa shape index (κ1) is 17.4. The van der Waals surface area contributed by atoms with Crippen molar-refractivity contribution < 1.29 is 23.5 Å². The van der Waals surface area contributed by atoms with Gasteiger partial charge >= 0.3 is 11.9 Å². The molecule has 0 aliphatic heterocycles. The molecule has 1 aromatic carbocycles. The molecule has 0 heterocycles. The maximum atomic E-state index is 12.7. The largest absolute Gasteiger partial charge is 0.461 e. The molecule has 6 heteroatoms. The first-order valence-corrected chi connectivity index (χ1v) is 7.55. The zero-order chi connectivity index (χ0) is 15.7. The SMILES string of the molecule is CC[C@H](CBr)C(=O)OC/C=C/C(=O)Oc1ccc(F)cc1. The second kappa shape index (κ2) is 9.28. The minimum Gasteiger partial charge on any atom is -0.461 e. The molecule has 0 saturated heterocycles. The van der Waals surface area contributed by atoms with E-state index in [2.05, 4.69) is 15.9 Å². The molecule has 0 aromatic heterocycles. The van der Waals surface area contributed by atoms with Gasteiger partial charge in [-0.25, -0.2) is 9.18 Å². The van der Waals surface area contributed by atoms with Crippen LogP contribution in [0, 0.1) is 11.7 Å². The quantitative estimate of drug-likeness (QED) is 0.325. The normalized spacial score (nSPS) is 12.1. The van der Waals surface area contributed by atoms with E-state index in [9.17, 15) is 14.0 Å². The Bertz CT molecular complexity index is 495. The van der Waals surface area contributed by atoms with E-state index in [1.165, 1.54) is 30.3 Å². The fraction of sp³-hybridized carbons (Fsp3) is 0.333. The molecule has 0 amide bonds. The molecule has 1 aromatic rings. The molecule has 114 valence electrons. The van der Waals surface area contributed by atoms with Crippen LogP contribution in [0.1, 0.15) is 13.3 Å². The fourth-order valence-electron chi connectivity index (χ4n) is 1.38. The molecule has 0 aliphatic carbocycles. The molecule has 1 rings (SSSR count). The average molecular weight is 359 g/mol. The predicted octanol–water partition coefficient (Wildman–Crippen LogP) is 3.25. The summed E-state index contributed by atoms with van der Waals surface area (Å²) in [5.41, 5.74) is 0. The number of halogens is 2. The van der Waals surface area contributed by atoms with Crippen molar-refractivity contribution in [1.29, 1.82) is 0 Å².